The third-order valence-electron chi connectivity index (χ3n) is 3.71. The summed E-state index contributed by atoms with van der Waals surface area (Å²) in [5.41, 5.74) is 2.65. The molecule has 0 aliphatic carbocycles. The van der Waals surface area contributed by atoms with E-state index in [1.165, 1.54) is 29.3 Å². The van der Waals surface area contributed by atoms with Gasteiger partial charge in [0.1, 0.15) is 0 Å². The first kappa shape index (κ1) is 16.1. The minimum absolute atomic E-state index is 0.795. The van der Waals surface area contributed by atoms with E-state index in [-0.39, 0.29) is 0 Å². The summed E-state index contributed by atoms with van der Waals surface area (Å²) in [6, 6.07) is 8.93. The molecule has 0 atom stereocenters. The summed E-state index contributed by atoms with van der Waals surface area (Å²) in [7, 11) is 0. The fraction of sp³-hybridized carbons (Fsp3) is 0.556. The molecule has 21 heavy (non-hydrogen) atoms. The number of rotatable bonds is 10. The number of nitrogens with one attached hydrogen (secondary N) is 1. The van der Waals surface area contributed by atoms with Gasteiger partial charge in [-0.2, -0.15) is 0 Å². The Bertz CT molecular complexity index is 533. The lowest BCUT2D eigenvalue weighted by molar-refractivity contribution is 0.124. The lowest BCUT2D eigenvalue weighted by atomic mass is 10.1. The number of fused-ring (bicyclic) bond motifs is 1. The SMILES string of the molecule is CCCCOCCn1ccc2cc(CNCCC)ccc21. The van der Waals surface area contributed by atoms with Crippen molar-refractivity contribution in [2.75, 3.05) is 19.8 Å². The summed E-state index contributed by atoms with van der Waals surface area (Å²) in [4.78, 5) is 0. The molecule has 0 radical (unpaired) electrons. The highest BCUT2D eigenvalue weighted by atomic mass is 16.5. The van der Waals surface area contributed by atoms with Gasteiger partial charge in [-0.1, -0.05) is 26.3 Å². The smallest absolute Gasteiger partial charge is 0.0645 e. The van der Waals surface area contributed by atoms with Crippen LogP contribution in [0.3, 0.4) is 0 Å². The molecule has 1 aromatic carbocycles. The Morgan fingerprint density at radius 2 is 2.00 bits per heavy atom. The van der Waals surface area contributed by atoms with E-state index in [4.69, 9.17) is 4.74 Å². The van der Waals surface area contributed by atoms with Crippen molar-refractivity contribution in [1.82, 2.24) is 9.88 Å². The maximum atomic E-state index is 5.65. The van der Waals surface area contributed by atoms with Crippen molar-refractivity contribution in [3.63, 3.8) is 0 Å². The highest BCUT2D eigenvalue weighted by molar-refractivity contribution is 5.80. The van der Waals surface area contributed by atoms with Crippen molar-refractivity contribution >= 4 is 10.9 Å². The number of nitrogens with zero attached hydrogens (tertiary/aromatic N) is 1. The summed E-state index contributed by atoms with van der Waals surface area (Å²) in [6.07, 6.45) is 5.69. The van der Waals surface area contributed by atoms with Crippen LogP contribution in [0.4, 0.5) is 0 Å². The molecule has 0 saturated heterocycles. The van der Waals surface area contributed by atoms with E-state index < -0.39 is 0 Å². The van der Waals surface area contributed by atoms with E-state index in [9.17, 15) is 0 Å². The standard InChI is InChI=1S/C18H28N2O/c1-3-5-12-21-13-11-20-10-8-17-14-16(6-7-18(17)20)15-19-9-4-2/h6-8,10,14,19H,3-5,9,11-13,15H2,1-2H3. The van der Waals surface area contributed by atoms with Crippen LogP contribution >= 0.6 is 0 Å². The zero-order valence-electron chi connectivity index (χ0n) is 13.4. The molecule has 0 saturated carbocycles. The Hall–Kier alpha value is -1.32. The van der Waals surface area contributed by atoms with Crippen molar-refractivity contribution in [1.29, 1.82) is 0 Å². The molecule has 3 nitrogen and oxygen atoms in total. The number of hydrogen-bond donors (Lipinski definition) is 1. The monoisotopic (exact) mass is 288 g/mol. The first-order chi connectivity index (χ1) is 10.3. The Balaban J connectivity index is 1.90. The van der Waals surface area contributed by atoms with Crippen LogP contribution in [0.15, 0.2) is 30.5 Å². The Kier molecular flexibility index (Phi) is 6.77. The molecular weight excluding hydrogens is 260 g/mol. The number of ether oxygens (including phenoxy) is 1. The van der Waals surface area contributed by atoms with Gasteiger partial charge in [0.25, 0.3) is 0 Å². The molecule has 0 spiro atoms. The fourth-order valence-electron chi connectivity index (χ4n) is 2.48. The first-order valence-corrected chi connectivity index (χ1v) is 8.21. The molecule has 0 bridgehead atoms. The molecule has 2 rings (SSSR count). The first-order valence-electron chi connectivity index (χ1n) is 8.21. The maximum Gasteiger partial charge on any atom is 0.0645 e. The molecule has 0 aliphatic heterocycles. The van der Waals surface area contributed by atoms with Gasteiger partial charge >= 0.3 is 0 Å². The molecular formula is C18H28N2O. The zero-order valence-corrected chi connectivity index (χ0v) is 13.4. The van der Waals surface area contributed by atoms with Gasteiger partial charge in [0.15, 0.2) is 0 Å². The minimum atomic E-state index is 0.795. The van der Waals surface area contributed by atoms with Crippen molar-refractivity contribution in [3.8, 4) is 0 Å². The molecule has 1 heterocycles. The van der Waals surface area contributed by atoms with Crippen LogP contribution in [-0.4, -0.2) is 24.3 Å². The van der Waals surface area contributed by atoms with E-state index in [1.807, 2.05) is 0 Å². The van der Waals surface area contributed by atoms with Gasteiger partial charge in [0.2, 0.25) is 0 Å². The third kappa shape index (κ3) is 4.87. The van der Waals surface area contributed by atoms with Gasteiger partial charge in [-0.3, -0.25) is 0 Å². The van der Waals surface area contributed by atoms with Gasteiger partial charge < -0.3 is 14.6 Å². The number of unbranched alkanes of at least 4 members (excludes halogenated alkanes) is 1. The van der Waals surface area contributed by atoms with Crippen LogP contribution in [0.1, 0.15) is 38.7 Å². The predicted molar refractivity (Wildman–Crippen MR) is 89.7 cm³/mol. The summed E-state index contributed by atoms with van der Waals surface area (Å²) >= 11 is 0. The molecule has 116 valence electrons. The molecule has 1 aromatic heterocycles. The number of hydrogen-bond acceptors (Lipinski definition) is 2. The molecule has 1 N–H and O–H groups in total. The van der Waals surface area contributed by atoms with Crippen LogP contribution in [-0.2, 0) is 17.8 Å². The lowest BCUT2D eigenvalue weighted by Crippen LogP contribution is -2.13. The average molecular weight is 288 g/mol. The highest BCUT2D eigenvalue weighted by Crippen LogP contribution is 2.17. The van der Waals surface area contributed by atoms with E-state index in [2.05, 4.69) is 54.2 Å². The zero-order chi connectivity index (χ0) is 14.9. The van der Waals surface area contributed by atoms with E-state index >= 15 is 0 Å². The van der Waals surface area contributed by atoms with Crippen LogP contribution in [0, 0.1) is 0 Å². The van der Waals surface area contributed by atoms with E-state index in [0.717, 1.165) is 39.3 Å². The van der Waals surface area contributed by atoms with Gasteiger partial charge in [0.05, 0.1) is 6.61 Å². The number of aromatic nitrogens is 1. The molecule has 0 aliphatic rings. The van der Waals surface area contributed by atoms with Crippen LogP contribution in [0.5, 0.6) is 0 Å². The van der Waals surface area contributed by atoms with Crippen molar-refractivity contribution in [2.45, 2.75) is 46.2 Å². The molecule has 3 heteroatoms. The van der Waals surface area contributed by atoms with Gasteiger partial charge in [-0.15, -0.1) is 0 Å². The van der Waals surface area contributed by atoms with Gasteiger partial charge in [-0.05, 0) is 48.5 Å². The molecule has 0 fully saturated rings. The van der Waals surface area contributed by atoms with Crippen molar-refractivity contribution in [2.24, 2.45) is 0 Å². The third-order valence-corrected chi connectivity index (χ3v) is 3.71. The van der Waals surface area contributed by atoms with Crippen molar-refractivity contribution in [3.05, 3.63) is 36.0 Å². The quantitative estimate of drug-likeness (QED) is 0.670. The van der Waals surface area contributed by atoms with Crippen LogP contribution < -0.4 is 5.32 Å². The molecule has 2 aromatic rings. The second kappa shape index (κ2) is 8.85. The topological polar surface area (TPSA) is 26.2 Å². The van der Waals surface area contributed by atoms with Gasteiger partial charge in [-0.25, -0.2) is 0 Å². The maximum absolute atomic E-state index is 5.65. The predicted octanol–water partition coefficient (Wildman–Crippen LogP) is 3.96. The Morgan fingerprint density at radius 3 is 2.81 bits per heavy atom. The second-order valence-electron chi connectivity index (χ2n) is 5.55. The van der Waals surface area contributed by atoms with Crippen molar-refractivity contribution < 1.29 is 4.74 Å². The summed E-state index contributed by atoms with van der Waals surface area (Å²) < 4.78 is 7.94. The normalized spacial score (nSPS) is 11.3. The van der Waals surface area contributed by atoms with Crippen LogP contribution in [0.25, 0.3) is 10.9 Å². The molecule has 0 unspecified atom stereocenters. The second-order valence-corrected chi connectivity index (χ2v) is 5.55. The minimum Gasteiger partial charge on any atom is -0.380 e. The lowest BCUT2D eigenvalue weighted by Gasteiger charge is -2.08. The molecule has 0 amide bonds. The summed E-state index contributed by atoms with van der Waals surface area (Å²) in [5, 5.41) is 4.77. The Morgan fingerprint density at radius 1 is 1.10 bits per heavy atom. The summed E-state index contributed by atoms with van der Waals surface area (Å²) in [6.45, 7) is 9.02. The average Bonchev–Trinajstić information content (AvgIpc) is 2.90. The van der Waals surface area contributed by atoms with E-state index in [1.54, 1.807) is 0 Å². The number of benzene rings is 1. The highest BCUT2D eigenvalue weighted by Gasteiger charge is 2.02. The fourth-order valence-corrected chi connectivity index (χ4v) is 2.48. The Labute approximate surface area is 128 Å². The van der Waals surface area contributed by atoms with Gasteiger partial charge in [0, 0.05) is 31.4 Å². The largest absolute Gasteiger partial charge is 0.380 e. The van der Waals surface area contributed by atoms with Crippen LogP contribution in [0.2, 0.25) is 0 Å². The van der Waals surface area contributed by atoms with E-state index in [0.29, 0.717) is 0 Å². The summed E-state index contributed by atoms with van der Waals surface area (Å²) in [5.74, 6) is 0.